The van der Waals surface area contributed by atoms with Crippen LogP contribution in [0.2, 0.25) is 0 Å². The lowest BCUT2D eigenvalue weighted by molar-refractivity contribution is -0.132. The number of nitrogens with zero attached hydrogens (tertiary/aromatic N) is 1. The summed E-state index contributed by atoms with van der Waals surface area (Å²) in [6.45, 7) is 2.15. The van der Waals surface area contributed by atoms with Gasteiger partial charge in [0.1, 0.15) is 5.37 Å². The van der Waals surface area contributed by atoms with Crippen LogP contribution in [-0.4, -0.2) is 54.4 Å². The Morgan fingerprint density at radius 3 is 2.74 bits per heavy atom. The number of carbonyl (C=O) groups is 1. The highest BCUT2D eigenvalue weighted by Gasteiger charge is 2.37. The summed E-state index contributed by atoms with van der Waals surface area (Å²) in [6, 6.07) is -0.105. The van der Waals surface area contributed by atoms with Gasteiger partial charge in [0.15, 0.2) is 9.84 Å². The normalized spacial score (nSPS) is 26.2. The van der Waals surface area contributed by atoms with Gasteiger partial charge in [-0.1, -0.05) is 6.92 Å². The maximum absolute atomic E-state index is 12.3. The average Bonchev–Trinajstić information content (AvgIpc) is 3.23. The Kier molecular flexibility index (Phi) is 4.79. The second-order valence-electron chi connectivity index (χ2n) is 5.27. The molecule has 0 spiro atoms. The Bertz CT molecular complexity index is 434. The van der Waals surface area contributed by atoms with Gasteiger partial charge in [0.2, 0.25) is 5.91 Å². The zero-order valence-corrected chi connectivity index (χ0v) is 12.9. The molecule has 7 heteroatoms. The average molecular weight is 306 g/mol. The molecule has 1 heterocycles. The van der Waals surface area contributed by atoms with E-state index in [1.165, 1.54) is 4.90 Å². The minimum atomic E-state index is -3.21. The van der Waals surface area contributed by atoms with E-state index in [0.717, 1.165) is 18.6 Å². The lowest BCUT2D eigenvalue weighted by atomic mass is 10.1. The van der Waals surface area contributed by atoms with Crippen molar-refractivity contribution in [2.75, 3.05) is 23.8 Å². The Hall–Kier alpha value is -0.270. The van der Waals surface area contributed by atoms with Crippen molar-refractivity contribution in [2.24, 2.45) is 11.7 Å². The molecule has 0 aromatic carbocycles. The summed E-state index contributed by atoms with van der Waals surface area (Å²) in [5, 5.41) is -0.657. The lowest BCUT2D eigenvalue weighted by Crippen LogP contribution is -2.51. The third-order valence-corrected chi connectivity index (χ3v) is 7.15. The van der Waals surface area contributed by atoms with Crippen LogP contribution in [0, 0.1) is 5.92 Å². The van der Waals surface area contributed by atoms with E-state index in [9.17, 15) is 13.2 Å². The number of amides is 1. The molecule has 1 amide bonds. The molecule has 1 saturated heterocycles. The van der Waals surface area contributed by atoms with E-state index in [-0.39, 0.29) is 24.1 Å². The minimum Gasteiger partial charge on any atom is -0.327 e. The smallest absolute Gasteiger partial charge is 0.225 e. The number of hydrogen-bond donors (Lipinski definition) is 1. The number of rotatable bonds is 5. The maximum Gasteiger partial charge on any atom is 0.225 e. The van der Waals surface area contributed by atoms with Crippen LogP contribution < -0.4 is 5.73 Å². The molecular weight excluding hydrogens is 284 g/mol. The highest BCUT2D eigenvalue weighted by Crippen LogP contribution is 2.33. The molecule has 2 fully saturated rings. The first-order valence-corrected chi connectivity index (χ1v) is 9.67. The van der Waals surface area contributed by atoms with E-state index in [1.807, 2.05) is 0 Å². The number of thioether (sulfide) groups is 1. The van der Waals surface area contributed by atoms with Crippen molar-refractivity contribution in [1.29, 1.82) is 0 Å². The summed E-state index contributed by atoms with van der Waals surface area (Å²) < 4.78 is 24.1. The molecule has 0 radical (unpaired) electrons. The van der Waals surface area contributed by atoms with Crippen molar-refractivity contribution in [2.45, 2.75) is 37.6 Å². The van der Waals surface area contributed by atoms with Crippen LogP contribution in [0.15, 0.2) is 0 Å². The second kappa shape index (κ2) is 6.01. The molecule has 2 rings (SSSR count). The predicted molar refractivity (Wildman–Crippen MR) is 77.6 cm³/mol. The van der Waals surface area contributed by atoms with E-state index in [2.05, 4.69) is 0 Å². The monoisotopic (exact) mass is 306 g/mol. The van der Waals surface area contributed by atoms with E-state index in [1.54, 1.807) is 18.7 Å². The number of carbonyl (C=O) groups excluding carboxylic acids is 1. The lowest BCUT2D eigenvalue weighted by Gasteiger charge is -2.35. The van der Waals surface area contributed by atoms with Crippen molar-refractivity contribution in [3.63, 3.8) is 0 Å². The van der Waals surface area contributed by atoms with Gasteiger partial charge in [-0.05, 0) is 18.8 Å². The van der Waals surface area contributed by atoms with Crippen LogP contribution in [0.5, 0.6) is 0 Å². The molecule has 2 aliphatic rings. The van der Waals surface area contributed by atoms with Gasteiger partial charge in [0.05, 0.1) is 0 Å². The van der Waals surface area contributed by atoms with Crippen LogP contribution in [0.4, 0.5) is 0 Å². The third-order valence-electron chi connectivity index (χ3n) is 3.86. The number of hydrogen-bond acceptors (Lipinski definition) is 5. The van der Waals surface area contributed by atoms with Crippen LogP contribution in [0.1, 0.15) is 26.2 Å². The molecule has 0 aromatic rings. The van der Waals surface area contributed by atoms with Crippen molar-refractivity contribution in [3.8, 4) is 0 Å². The van der Waals surface area contributed by atoms with E-state index >= 15 is 0 Å². The van der Waals surface area contributed by atoms with Crippen molar-refractivity contribution in [1.82, 2.24) is 4.90 Å². The van der Waals surface area contributed by atoms with Crippen molar-refractivity contribution in [3.05, 3.63) is 0 Å². The Morgan fingerprint density at radius 2 is 2.16 bits per heavy atom. The maximum atomic E-state index is 12.3. The second-order valence-corrected chi connectivity index (χ2v) is 8.87. The van der Waals surface area contributed by atoms with Gasteiger partial charge in [-0.15, -0.1) is 0 Å². The van der Waals surface area contributed by atoms with Crippen molar-refractivity contribution < 1.29 is 13.2 Å². The highest BCUT2D eigenvalue weighted by atomic mass is 32.2. The molecule has 1 aliphatic carbocycles. The molecular formula is C12H22N2O3S2. The number of nitrogens with two attached hydrogens (primary N) is 1. The van der Waals surface area contributed by atoms with Gasteiger partial charge in [0, 0.05) is 36.3 Å². The topological polar surface area (TPSA) is 80.5 Å². The molecule has 2 unspecified atom stereocenters. The van der Waals surface area contributed by atoms with E-state index in [0.29, 0.717) is 18.2 Å². The van der Waals surface area contributed by atoms with Crippen molar-refractivity contribution >= 4 is 27.5 Å². The zero-order chi connectivity index (χ0) is 14.0. The van der Waals surface area contributed by atoms with E-state index in [4.69, 9.17) is 5.73 Å². The molecule has 1 saturated carbocycles. The SMILES string of the molecule is CCS(=O)(=O)C1CSCCN1C(=O)CC(N)C1CC1. The molecule has 2 atom stereocenters. The van der Waals surface area contributed by atoms with Gasteiger partial charge in [-0.2, -0.15) is 11.8 Å². The first-order chi connectivity index (χ1) is 8.95. The summed E-state index contributed by atoms with van der Waals surface area (Å²) in [5.74, 6) is 1.74. The Balaban J connectivity index is 2.04. The van der Waals surface area contributed by atoms with Gasteiger partial charge >= 0.3 is 0 Å². The molecule has 5 nitrogen and oxygen atoms in total. The first-order valence-electron chi connectivity index (χ1n) is 6.80. The van der Waals surface area contributed by atoms with Crippen LogP contribution in [0.3, 0.4) is 0 Å². The zero-order valence-electron chi connectivity index (χ0n) is 11.2. The summed E-state index contributed by atoms with van der Waals surface area (Å²) in [7, 11) is -3.21. The fourth-order valence-corrected chi connectivity index (χ4v) is 5.35. The fraction of sp³-hybridized carbons (Fsp3) is 0.917. The largest absolute Gasteiger partial charge is 0.327 e. The van der Waals surface area contributed by atoms with Crippen LogP contribution >= 0.6 is 11.8 Å². The third kappa shape index (κ3) is 3.64. The molecule has 0 aromatic heterocycles. The quantitative estimate of drug-likeness (QED) is 0.797. The standard InChI is InChI=1S/C12H22N2O3S2/c1-2-19(16,17)12-8-18-6-5-14(12)11(15)7-10(13)9-3-4-9/h9-10,12H,2-8,13H2,1H3. The molecule has 1 aliphatic heterocycles. The molecule has 0 bridgehead atoms. The van der Waals surface area contributed by atoms with Gasteiger partial charge < -0.3 is 10.6 Å². The Labute approximate surface area is 119 Å². The minimum absolute atomic E-state index is 0.0800. The van der Waals surface area contributed by atoms with Gasteiger partial charge in [-0.25, -0.2) is 8.42 Å². The van der Waals surface area contributed by atoms with Gasteiger partial charge in [0.25, 0.3) is 0 Å². The summed E-state index contributed by atoms with van der Waals surface area (Å²) >= 11 is 1.60. The molecule has 110 valence electrons. The summed E-state index contributed by atoms with van der Waals surface area (Å²) in [5.41, 5.74) is 5.97. The van der Waals surface area contributed by atoms with E-state index < -0.39 is 15.2 Å². The van der Waals surface area contributed by atoms with Gasteiger partial charge in [-0.3, -0.25) is 4.79 Å². The molecule has 19 heavy (non-hydrogen) atoms. The highest BCUT2D eigenvalue weighted by molar-refractivity contribution is 8.01. The fourth-order valence-electron chi connectivity index (χ4n) is 2.37. The summed E-state index contributed by atoms with van der Waals surface area (Å²) in [6.07, 6.45) is 2.48. The summed E-state index contributed by atoms with van der Waals surface area (Å²) in [4.78, 5) is 13.8. The first kappa shape index (κ1) is 15.1. The molecule has 2 N–H and O–H groups in total. The van der Waals surface area contributed by atoms with Crippen LogP contribution in [0.25, 0.3) is 0 Å². The Morgan fingerprint density at radius 1 is 1.47 bits per heavy atom. The number of sulfone groups is 1. The van der Waals surface area contributed by atoms with Crippen LogP contribution in [-0.2, 0) is 14.6 Å². The predicted octanol–water partition coefficient (Wildman–Crippen LogP) is 0.450.